The number of alkyl halides is 6. The molecule has 2 aromatic carbocycles. The minimum atomic E-state index is -6.02. The van der Waals surface area contributed by atoms with Gasteiger partial charge in [-0.2, -0.15) is 26.3 Å². The number of carbonyl (C=O) groups is 2. The highest BCUT2D eigenvalue weighted by molar-refractivity contribution is 6.07. The Bertz CT molecular complexity index is 1370. The maximum absolute atomic E-state index is 13.7. The van der Waals surface area contributed by atoms with Gasteiger partial charge in [-0.05, 0) is 66.6 Å². The summed E-state index contributed by atoms with van der Waals surface area (Å²) >= 11 is 0. The first kappa shape index (κ1) is 34.2. The topological polar surface area (TPSA) is 97.3 Å². The molecule has 0 aliphatic carbocycles. The van der Waals surface area contributed by atoms with Crippen LogP contribution < -0.4 is 19.5 Å². The Morgan fingerprint density at radius 1 is 0.911 bits per heavy atom. The van der Waals surface area contributed by atoms with E-state index < -0.39 is 41.0 Å². The zero-order chi connectivity index (χ0) is 33.2. The van der Waals surface area contributed by atoms with Crippen LogP contribution in [0.4, 0.5) is 31.1 Å². The predicted octanol–water partition coefficient (Wildman–Crippen LogP) is 6.30. The fourth-order valence-corrected chi connectivity index (χ4v) is 5.72. The van der Waals surface area contributed by atoms with Crippen molar-refractivity contribution < 1.29 is 55.2 Å². The number of fused-ring (bicyclic) bond motifs is 1. The van der Waals surface area contributed by atoms with Gasteiger partial charge < -0.3 is 24.6 Å². The summed E-state index contributed by atoms with van der Waals surface area (Å²) in [6.07, 6.45) is -10.7. The van der Waals surface area contributed by atoms with E-state index in [1.54, 1.807) is 39.0 Å². The fraction of sp³-hybridized carbons (Fsp3) is 0.548. The van der Waals surface area contributed by atoms with E-state index in [-0.39, 0.29) is 55.7 Å². The van der Waals surface area contributed by atoms with Crippen molar-refractivity contribution in [3.8, 4) is 17.2 Å². The van der Waals surface area contributed by atoms with Crippen LogP contribution in [-0.2, 0) is 28.8 Å². The number of aryl methyl sites for hydroxylation is 2. The molecule has 1 saturated heterocycles. The van der Waals surface area contributed by atoms with E-state index in [9.17, 15) is 41.0 Å². The number of hydrogen-bond acceptors (Lipinski definition) is 6. The number of imide groups is 1. The quantitative estimate of drug-likeness (QED) is 0.160. The Hall–Kier alpha value is -3.68. The molecule has 0 radical (unpaired) electrons. The average molecular weight is 647 g/mol. The minimum Gasteiger partial charge on any atom is -0.493 e. The van der Waals surface area contributed by atoms with Crippen LogP contribution >= 0.6 is 0 Å². The number of aliphatic hydroxyl groups is 1. The molecule has 3 amide bonds. The van der Waals surface area contributed by atoms with Crippen molar-refractivity contribution in [2.24, 2.45) is 0 Å². The van der Waals surface area contributed by atoms with E-state index in [1.165, 1.54) is 0 Å². The summed E-state index contributed by atoms with van der Waals surface area (Å²) in [7, 11) is 0. The van der Waals surface area contributed by atoms with Crippen LogP contribution in [0.5, 0.6) is 17.2 Å². The summed E-state index contributed by atoms with van der Waals surface area (Å²) in [5.41, 5.74) is -7.02. The number of urea groups is 1. The van der Waals surface area contributed by atoms with Gasteiger partial charge in [0.1, 0.15) is 24.5 Å². The highest BCUT2D eigenvalue weighted by atomic mass is 19.4. The summed E-state index contributed by atoms with van der Waals surface area (Å²) in [6.45, 7) is 5.76. The molecule has 2 aliphatic heterocycles. The fourth-order valence-electron chi connectivity index (χ4n) is 5.72. The molecule has 45 heavy (non-hydrogen) atoms. The van der Waals surface area contributed by atoms with Crippen molar-refractivity contribution in [3.63, 3.8) is 0 Å². The van der Waals surface area contributed by atoms with Crippen molar-refractivity contribution in [2.45, 2.75) is 82.8 Å². The van der Waals surface area contributed by atoms with Crippen LogP contribution in [0.15, 0.2) is 30.3 Å². The van der Waals surface area contributed by atoms with E-state index in [0.717, 1.165) is 4.90 Å². The molecule has 1 unspecified atom stereocenters. The van der Waals surface area contributed by atoms with Gasteiger partial charge >= 0.3 is 18.4 Å². The molecule has 4 rings (SSSR count). The van der Waals surface area contributed by atoms with Crippen LogP contribution in [0.2, 0.25) is 0 Å². The average Bonchev–Trinajstić information content (AvgIpc) is 3.23. The van der Waals surface area contributed by atoms with Gasteiger partial charge in [0.15, 0.2) is 11.5 Å². The van der Waals surface area contributed by atoms with Crippen molar-refractivity contribution in [1.29, 1.82) is 0 Å². The Labute approximate surface area is 256 Å². The van der Waals surface area contributed by atoms with E-state index in [4.69, 9.17) is 14.2 Å². The molecule has 0 bridgehead atoms. The molecule has 2 N–H and O–H groups in total. The third-order valence-electron chi connectivity index (χ3n) is 8.03. The second-order valence-electron chi connectivity index (χ2n) is 11.0. The van der Waals surface area contributed by atoms with Gasteiger partial charge in [0.2, 0.25) is 0 Å². The molecule has 2 aromatic rings. The normalized spacial score (nSPS) is 18.8. The number of amides is 3. The summed E-state index contributed by atoms with van der Waals surface area (Å²) in [5, 5.41) is 12.8. The van der Waals surface area contributed by atoms with Gasteiger partial charge in [-0.3, -0.25) is 9.69 Å². The van der Waals surface area contributed by atoms with Crippen molar-refractivity contribution in [1.82, 2.24) is 10.2 Å². The second kappa shape index (κ2) is 13.0. The van der Waals surface area contributed by atoms with Crippen LogP contribution in [0.1, 0.15) is 68.7 Å². The van der Waals surface area contributed by atoms with Gasteiger partial charge in [0.25, 0.3) is 11.5 Å². The Kier molecular flexibility index (Phi) is 9.86. The summed E-state index contributed by atoms with van der Waals surface area (Å²) in [5.74, 6) is 0.640. The van der Waals surface area contributed by atoms with Crippen LogP contribution in [0.25, 0.3) is 0 Å². The first-order valence-corrected chi connectivity index (χ1v) is 14.8. The van der Waals surface area contributed by atoms with E-state index >= 15 is 0 Å². The highest BCUT2D eigenvalue weighted by Gasteiger charge is 2.71. The zero-order valence-electron chi connectivity index (χ0n) is 25.2. The predicted molar refractivity (Wildman–Crippen MR) is 150 cm³/mol. The van der Waals surface area contributed by atoms with Gasteiger partial charge in [-0.25, -0.2) is 4.79 Å². The van der Waals surface area contributed by atoms with Crippen molar-refractivity contribution >= 4 is 11.9 Å². The molecule has 248 valence electrons. The zero-order valence-corrected chi connectivity index (χ0v) is 25.2. The van der Waals surface area contributed by atoms with Crippen molar-refractivity contribution in [3.05, 3.63) is 52.6 Å². The number of hydrogen-bond donors (Lipinski definition) is 2. The Balaban J connectivity index is 1.54. The Morgan fingerprint density at radius 2 is 1.49 bits per heavy atom. The maximum Gasteiger partial charge on any atom is 0.430 e. The molecule has 14 heteroatoms. The smallest absolute Gasteiger partial charge is 0.430 e. The molecule has 0 spiro atoms. The van der Waals surface area contributed by atoms with Gasteiger partial charge in [-0.15, -0.1) is 0 Å². The summed E-state index contributed by atoms with van der Waals surface area (Å²) in [6, 6.07) is 5.80. The van der Waals surface area contributed by atoms with Gasteiger partial charge in [-0.1, -0.05) is 39.7 Å². The maximum atomic E-state index is 13.7. The highest BCUT2D eigenvalue weighted by Crippen LogP contribution is 2.51. The molecule has 1 atom stereocenters. The minimum absolute atomic E-state index is 0.0524. The monoisotopic (exact) mass is 646 g/mol. The van der Waals surface area contributed by atoms with Crippen LogP contribution in [-0.4, -0.2) is 60.7 Å². The number of nitrogens with zero attached hydrogens (tertiary/aromatic N) is 1. The standard InChI is InChI=1S/C31H36F6N2O6/c1-4-8-19-16-22(29(42,30(32,33)34)31(35,36)37)17-20(9-5-2)25(19)45-13-7-12-39-26(40)28(6-3,38-27(39)41)21-10-11-23-24(18-21)44-15-14-43-23/h10-11,16-18,42H,4-9,12-15H2,1-3H3,(H,38,41). The molecular formula is C31H36F6N2O6. The SMILES string of the molecule is CCCc1cc(C(O)(C(F)(F)F)C(F)(F)F)cc(CCC)c1OCCCN1C(=O)NC(CC)(c2ccc3c(c2)OCCO3)C1=O. The number of rotatable bonds is 12. The number of ether oxygens (including phenoxy) is 3. The van der Waals surface area contributed by atoms with E-state index in [1.807, 2.05) is 0 Å². The van der Waals surface area contributed by atoms with E-state index in [2.05, 4.69) is 5.32 Å². The lowest BCUT2D eigenvalue weighted by Crippen LogP contribution is -2.54. The van der Waals surface area contributed by atoms with Crippen LogP contribution in [0.3, 0.4) is 0 Å². The number of halogens is 6. The molecular weight excluding hydrogens is 610 g/mol. The van der Waals surface area contributed by atoms with E-state index in [0.29, 0.717) is 55.3 Å². The number of carbonyl (C=O) groups excluding carboxylic acids is 2. The van der Waals surface area contributed by atoms with Crippen molar-refractivity contribution in [2.75, 3.05) is 26.4 Å². The lowest BCUT2D eigenvalue weighted by atomic mass is 9.87. The van der Waals surface area contributed by atoms with Gasteiger partial charge in [0.05, 0.1) is 6.61 Å². The summed E-state index contributed by atoms with van der Waals surface area (Å²) < 4.78 is 99.1. The molecule has 8 nitrogen and oxygen atoms in total. The molecule has 0 aromatic heterocycles. The van der Waals surface area contributed by atoms with Gasteiger partial charge in [0, 0.05) is 12.1 Å². The van der Waals surface area contributed by atoms with Crippen LogP contribution in [0, 0.1) is 0 Å². The number of benzene rings is 2. The molecule has 0 saturated carbocycles. The third-order valence-corrected chi connectivity index (χ3v) is 8.03. The molecule has 2 aliphatic rings. The first-order valence-electron chi connectivity index (χ1n) is 14.8. The number of nitrogens with one attached hydrogen (secondary N) is 1. The Morgan fingerprint density at radius 3 is 2.02 bits per heavy atom. The lowest BCUT2D eigenvalue weighted by molar-refractivity contribution is -0.376. The third kappa shape index (κ3) is 6.25. The molecule has 1 fully saturated rings. The second-order valence-corrected chi connectivity index (χ2v) is 11.0. The largest absolute Gasteiger partial charge is 0.493 e. The molecule has 2 heterocycles. The first-order chi connectivity index (χ1) is 21.1. The lowest BCUT2D eigenvalue weighted by Gasteiger charge is -2.33. The summed E-state index contributed by atoms with van der Waals surface area (Å²) in [4.78, 5) is 27.6.